The van der Waals surface area contributed by atoms with Gasteiger partial charge in [0.15, 0.2) is 0 Å². The average molecular weight is 484 g/mol. The van der Waals surface area contributed by atoms with E-state index in [9.17, 15) is 14.5 Å². The van der Waals surface area contributed by atoms with Gasteiger partial charge in [0, 0.05) is 32.3 Å². The normalized spacial score (nSPS) is 10.7. The number of para-hydroxylation sites is 1. The lowest BCUT2D eigenvalue weighted by Crippen LogP contribution is -2.28. The Bertz CT molecular complexity index is 1220. The Balaban J connectivity index is 1.90. The zero-order valence-electron chi connectivity index (χ0n) is 19.7. The number of aromatic nitrogens is 3. The minimum atomic E-state index is -1.10. The first-order chi connectivity index (χ1) is 16.7. The molecule has 0 fully saturated rings. The van der Waals surface area contributed by atoms with Gasteiger partial charge in [-0.25, -0.2) is 9.97 Å². The number of anilines is 5. The molecule has 1 aromatic heterocycles. The molecule has 0 unspecified atom stereocenters. The van der Waals surface area contributed by atoms with Gasteiger partial charge in [0.2, 0.25) is 17.9 Å². The summed E-state index contributed by atoms with van der Waals surface area (Å²) in [6.45, 7) is 1.28. The van der Waals surface area contributed by atoms with Crippen LogP contribution in [0.25, 0.3) is 0 Å². The summed E-state index contributed by atoms with van der Waals surface area (Å²) in [5.74, 6) is -0.581. The van der Waals surface area contributed by atoms with Crippen LogP contribution in [0.3, 0.4) is 0 Å². The van der Waals surface area contributed by atoms with Crippen molar-refractivity contribution in [2.45, 2.75) is 0 Å². The van der Waals surface area contributed by atoms with Crippen molar-refractivity contribution < 1.29 is 14.1 Å². The number of nitrogens with zero attached hydrogens (tertiary/aromatic N) is 6. The molecular weight excluding hydrogens is 457 g/mol. The molecule has 184 valence electrons. The third-order valence-electron chi connectivity index (χ3n) is 5.02. The molecule has 35 heavy (non-hydrogen) atoms. The number of ether oxygens (including phenoxy) is 1. The number of nitrogens with one attached hydrogen (secondary N) is 3. The quantitative estimate of drug-likeness (QED) is 0.210. The summed E-state index contributed by atoms with van der Waals surface area (Å²) < 4.78 is 19.0. The zero-order chi connectivity index (χ0) is 25.5. The number of hydrogen-bond acceptors (Lipinski definition) is 11. The molecule has 13 heteroatoms. The second-order valence-corrected chi connectivity index (χ2v) is 7.77. The van der Waals surface area contributed by atoms with Crippen LogP contribution in [0.4, 0.5) is 39.0 Å². The molecule has 0 radical (unpaired) electrons. The first-order valence-electron chi connectivity index (χ1n) is 10.5. The molecule has 0 saturated carbocycles. The van der Waals surface area contributed by atoms with Crippen LogP contribution < -0.4 is 20.3 Å². The van der Waals surface area contributed by atoms with Crippen molar-refractivity contribution in [2.24, 2.45) is 0 Å². The molecule has 3 aromatic rings. The molecule has 0 spiro atoms. The number of hydrogen-bond donors (Lipinski definition) is 3. The van der Waals surface area contributed by atoms with Crippen LogP contribution in [0.15, 0.2) is 42.7 Å². The Kier molecular flexibility index (Phi) is 8.04. The van der Waals surface area contributed by atoms with Crippen LogP contribution in [-0.2, 0) is 0 Å². The molecule has 0 saturated heterocycles. The molecule has 1 heterocycles. The summed E-state index contributed by atoms with van der Waals surface area (Å²) in [6, 6.07) is 9.26. The summed E-state index contributed by atoms with van der Waals surface area (Å²) in [5, 5.41) is 24.9. The molecule has 0 aliphatic carbocycles. The van der Waals surface area contributed by atoms with Crippen molar-refractivity contribution in [3.8, 4) is 5.75 Å². The molecule has 2 aromatic carbocycles. The van der Waals surface area contributed by atoms with Gasteiger partial charge in [-0.15, -0.1) is 0 Å². The summed E-state index contributed by atoms with van der Waals surface area (Å²) in [5.41, 5.74) is 0.927. The Morgan fingerprint density at radius 2 is 1.77 bits per heavy atom. The highest BCUT2D eigenvalue weighted by molar-refractivity contribution is 5.97. The maximum Gasteiger partial charge on any atom is 0.294 e. The maximum absolute atomic E-state index is 13.5. The highest BCUT2D eigenvalue weighted by Crippen LogP contribution is 2.38. The molecule has 3 rings (SSSR count). The van der Waals surface area contributed by atoms with Gasteiger partial charge in [0.25, 0.3) is 5.69 Å². The van der Waals surface area contributed by atoms with E-state index in [0.717, 1.165) is 0 Å². The van der Waals surface area contributed by atoms with Crippen LogP contribution in [0, 0.1) is 15.5 Å². The van der Waals surface area contributed by atoms with E-state index in [1.54, 1.807) is 36.2 Å². The standard InChI is InChI=1S/C22H26FN9O3/c1-30(2)9-10-31(3)17-12-19(35-4)16(11-18(17)32(33)34)28-22-26-13-25-21(29-22)27-15-8-6-5-7-14(15)20(23)24/h5-8,11-13,24H,9-10H2,1-4H3,(H2,25,26,27,28,29). The van der Waals surface area contributed by atoms with Crippen molar-refractivity contribution >= 4 is 40.6 Å². The lowest BCUT2D eigenvalue weighted by molar-refractivity contribution is -0.384. The molecule has 12 nitrogen and oxygen atoms in total. The first kappa shape index (κ1) is 25.2. The van der Waals surface area contributed by atoms with Gasteiger partial charge in [0.1, 0.15) is 17.8 Å². The number of nitro benzene ring substituents is 1. The van der Waals surface area contributed by atoms with Crippen LogP contribution >= 0.6 is 0 Å². The lowest BCUT2D eigenvalue weighted by atomic mass is 10.2. The van der Waals surface area contributed by atoms with E-state index in [2.05, 4.69) is 25.6 Å². The predicted molar refractivity (Wildman–Crippen MR) is 132 cm³/mol. The van der Waals surface area contributed by atoms with Crippen LogP contribution in [0.2, 0.25) is 0 Å². The summed E-state index contributed by atoms with van der Waals surface area (Å²) in [7, 11) is 7.08. The molecule has 3 N–H and O–H groups in total. The second kappa shape index (κ2) is 11.2. The van der Waals surface area contributed by atoms with Gasteiger partial charge in [-0.05, 0) is 26.2 Å². The third kappa shape index (κ3) is 6.35. The summed E-state index contributed by atoms with van der Waals surface area (Å²) in [6.07, 6.45) is 1.23. The van der Waals surface area contributed by atoms with Gasteiger partial charge in [0.05, 0.1) is 29.0 Å². The van der Waals surface area contributed by atoms with Crippen molar-refractivity contribution in [2.75, 3.05) is 56.9 Å². The minimum absolute atomic E-state index is 0.0497. The Morgan fingerprint density at radius 1 is 1.11 bits per heavy atom. The largest absolute Gasteiger partial charge is 0.494 e. The van der Waals surface area contributed by atoms with Gasteiger partial charge >= 0.3 is 0 Å². The van der Waals surface area contributed by atoms with Crippen LogP contribution in [0.5, 0.6) is 5.75 Å². The lowest BCUT2D eigenvalue weighted by Gasteiger charge is -2.22. The highest BCUT2D eigenvalue weighted by atomic mass is 19.1. The Labute approximate surface area is 201 Å². The third-order valence-corrected chi connectivity index (χ3v) is 5.02. The fourth-order valence-electron chi connectivity index (χ4n) is 3.19. The van der Waals surface area contributed by atoms with Gasteiger partial charge in [-0.3, -0.25) is 15.5 Å². The number of benzene rings is 2. The minimum Gasteiger partial charge on any atom is -0.494 e. The number of methoxy groups -OCH3 is 1. The van der Waals surface area contributed by atoms with E-state index in [1.807, 2.05) is 19.0 Å². The topological polar surface area (TPSA) is 145 Å². The molecule has 0 atom stereocenters. The maximum atomic E-state index is 13.5. The fraction of sp³-hybridized carbons (Fsp3) is 0.273. The number of nitro groups is 1. The SMILES string of the molecule is COc1cc(N(C)CCN(C)C)c([N+](=O)[O-])cc1Nc1ncnc(Nc2ccccc2C(=N)F)n1. The monoisotopic (exact) mass is 483 g/mol. The Hall–Kier alpha value is -4.39. The zero-order valence-corrected chi connectivity index (χ0v) is 19.7. The molecule has 0 aliphatic heterocycles. The summed E-state index contributed by atoms with van der Waals surface area (Å²) in [4.78, 5) is 27.4. The van der Waals surface area contributed by atoms with Crippen molar-refractivity contribution in [3.63, 3.8) is 0 Å². The highest BCUT2D eigenvalue weighted by Gasteiger charge is 2.22. The van der Waals surface area contributed by atoms with Crippen molar-refractivity contribution in [1.82, 2.24) is 19.9 Å². The second-order valence-electron chi connectivity index (χ2n) is 7.77. The van der Waals surface area contributed by atoms with Gasteiger partial charge < -0.3 is 25.2 Å². The first-order valence-corrected chi connectivity index (χ1v) is 10.5. The molecule has 0 amide bonds. The van der Waals surface area contributed by atoms with Crippen molar-refractivity contribution in [1.29, 1.82) is 5.41 Å². The van der Waals surface area contributed by atoms with Gasteiger partial charge in [-0.1, -0.05) is 12.1 Å². The van der Waals surface area contributed by atoms with E-state index >= 15 is 0 Å². The van der Waals surface area contributed by atoms with Crippen molar-refractivity contribution in [3.05, 3.63) is 58.4 Å². The number of likely N-dealkylation sites (N-methyl/N-ethyl adjacent to an activating group) is 2. The van der Waals surface area contributed by atoms with Crippen LogP contribution in [0.1, 0.15) is 5.56 Å². The van der Waals surface area contributed by atoms with E-state index in [0.29, 0.717) is 30.2 Å². The molecule has 0 bridgehead atoms. The number of halogens is 1. The van der Waals surface area contributed by atoms with E-state index in [1.165, 1.54) is 25.6 Å². The molecular formula is C22H26FN9O3. The Morgan fingerprint density at radius 3 is 2.37 bits per heavy atom. The smallest absolute Gasteiger partial charge is 0.294 e. The van der Waals surface area contributed by atoms with E-state index in [-0.39, 0.29) is 28.8 Å². The molecule has 0 aliphatic rings. The predicted octanol–water partition coefficient (Wildman–Crippen LogP) is 3.57. The van der Waals surface area contributed by atoms with Crippen LogP contribution in [-0.4, -0.2) is 72.1 Å². The number of rotatable bonds is 11. The average Bonchev–Trinajstić information content (AvgIpc) is 2.82. The fourth-order valence-corrected chi connectivity index (χ4v) is 3.19. The summed E-state index contributed by atoms with van der Waals surface area (Å²) >= 11 is 0. The van der Waals surface area contributed by atoms with E-state index in [4.69, 9.17) is 10.1 Å². The van der Waals surface area contributed by atoms with E-state index < -0.39 is 10.9 Å². The van der Waals surface area contributed by atoms with Gasteiger partial charge in [-0.2, -0.15) is 9.37 Å².